The fourth-order valence-electron chi connectivity index (χ4n) is 0.808. The van der Waals surface area contributed by atoms with Crippen LogP contribution >= 0.6 is 11.8 Å². The van der Waals surface area contributed by atoms with Crippen LogP contribution in [0.3, 0.4) is 0 Å². The molecule has 1 aromatic carbocycles. The molecule has 0 saturated heterocycles. The van der Waals surface area contributed by atoms with E-state index in [0.717, 1.165) is 22.9 Å². The summed E-state index contributed by atoms with van der Waals surface area (Å²) in [6.45, 7) is 0. The second kappa shape index (κ2) is 3.81. The number of nitriles is 1. The summed E-state index contributed by atoms with van der Waals surface area (Å²) in [6.07, 6.45) is 1.15. The van der Waals surface area contributed by atoms with Crippen LogP contribution in [0.25, 0.3) is 0 Å². The predicted molar refractivity (Wildman–Crippen MR) is 51.0 cm³/mol. The van der Waals surface area contributed by atoms with Crippen LogP contribution < -0.4 is 0 Å². The second-order valence-electron chi connectivity index (χ2n) is 2.44. The van der Waals surface area contributed by atoms with Crippen molar-refractivity contribution in [3.8, 4) is 5.40 Å². The topological polar surface area (TPSA) is 57.9 Å². The smallest absolute Gasteiger partial charge is 0.175 e. The summed E-state index contributed by atoms with van der Waals surface area (Å²) in [5.41, 5.74) is 0. The van der Waals surface area contributed by atoms with Crippen LogP contribution in [0.2, 0.25) is 0 Å². The van der Waals surface area contributed by atoms with Crippen molar-refractivity contribution in [3.05, 3.63) is 24.3 Å². The molecule has 1 rings (SSSR count). The average Bonchev–Trinajstić information content (AvgIpc) is 2.04. The van der Waals surface area contributed by atoms with Crippen LogP contribution in [-0.2, 0) is 9.84 Å². The molecule has 0 N–H and O–H groups in total. The maximum atomic E-state index is 11.0. The Morgan fingerprint density at radius 1 is 1.31 bits per heavy atom. The van der Waals surface area contributed by atoms with Crippen molar-refractivity contribution >= 4 is 21.6 Å². The van der Waals surface area contributed by atoms with E-state index in [-0.39, 0.29) is 4.90 Å². The fourth-order valence-corrected chi connectivity index (χ4v) is 1.82. The van der Waals surface area contributed by atoms with E-state index < -0.39 is 9.84 Å². The van der Waals surface area contributed by atoms with Gasteiger partial charge in [-0.2, -0.15) is 5.26 Å². The third kappa shape index (κ3) is 2.76. The number of nitrogens with zero attached hydrogens (tertiary/aromatic N) is 1. The minimum atomic E-state index is -3.13. The molecule has 5 heteroatoms. The van der Waals surface area contributed by atoms with E-state index in [0.29, 0.717) is 0 Å². The van der Waals surface area contributed by atoms with E-state index in [1.165, 1.54) is 12.1 Å². The van der Waals surface area contributed by atoms with Gasteiger partial charge in [0.1, 0.15) is 5.40 Å². The molecule has 0 spiro atoms. The molecule has 0 radical (unpaired) electrons. The zero-order valence-electron chi connectivity index (χ0n) is 6.89. The van der Waals surface area contributed by atoms with E-state index in [9.17, 15) is 8.42 Å². The summed E-state index contributed by atoms with van der Waals surface area (Å²) < 4.78 is 22.1. The van der Waals surface area contributed by atoms with Crippen molar-refractivity contribution in [3.63, 3.8) is 0 Å². The summed E-state index contributed by atoms with van der Waals surface area (Å²) in [7, 11) is -3.13. The van der Waals surface area contributed by atoms with Gasteiger partial charge in [-0.25, -0.2) is 8.42 Å². The Bertz CT molecular complexity index is 428. The highest BCUT2D eigenvalue weighted by Crippen LogP contribution is 2.18. The van der Waals surface area contributed by atoms with Crippen LogP contribution in [0.5, 0.6) is 0 Å². The monoisotopic (exact) mass is 213 g/mol. The van der Waals surface area contributed by atoms with Crippen molar-refractivity contribution in [2.45, 2.75) is 9.79 Å². The summed E-state index contributed by atoms with van der Waals surface area (Å²) in [6, 6.07) is 6.22. The predicted octanol–water partition coefficient (Wildman–Crippen LogP) is 1.66. The van der Waals surface area contributed by atoms with Gasteiger partial charge >= 0.3 is 0 Å². The van der Waals surface area contributed by atoms with Crippen molar-refractivity contribution in [1.82, 2.24) is 0 Å². The Labute approximate surface area is 81.3 Å². The molecule has 0 heterocycles. The fraction of sp³-hybridized carbons (Fsp3) is 0.125. The van der Waals surface area contributed by atoms with E-state index in [4.69, 9.17) is 5.26 Å². The Hall–Kier alpha value is -0.990. The highest BCUT2D eigenvalue weighted by atomic mass is 32.2. The van der Waals surface area contributed by atoms with Gasteiger partial charge in [0.05, 0.1) is 4.90 Å². The summed E-state index contributed by atoms with van der Waals surface area (Å²) in [4.78, 5) is 1.02. The van der Waals surface area contributed by atoms with Crippen LogP contribution in [0.15, 0.2) is 34.1 Å². The van der Waals surface area contributed by atoms with Crippen molar-refractivity contribution in [2.75, 3.05) is 6.26 Å². The standard InChI is InChI=1S/C8H7NO2S2/c1-13(10,11)8-4-2-7(3-5-8)12-6-9/h2-5H,1H3. The molecule has 0 aliphatic rings. The average molecular weight is 213 g/mol. The first-order valence-corrected chi connectivity index (χ1v) is 6.11. The minimum absolute atomic E-state index is 0.273. The molecule has 0 unspecified atom stereocenters. The molecule has 0 amide bonds. The SMILES string of the molecule is CS(=O)(=O)c1ccc(SC#N)cc1. The number of hydrogen-bond donors (Lipinski definition) is 0. The normalized spacial score (nSPS) is 10.8. The minimum Gasteiger partial charge on any atom is -0.224 e. The van der Waals surface area contributed by atoms with Gasteiger partial charge in [-0.3, -0.25) is 0 Å². The van der Waals surface area contributed by atoms with E-state index in [1.54, 1.807) is 12.1 Å². The van der Waals surface area contributed by atoms with Crippen LogP contribution in [0.4, 0.5) is 0 Å². The Morgan fingerprint density at radius 3 is 2.23 bits per heavy atom. The molecule has 3 nitrogen and oxygen atoms in total. The van der Waals surface area contributed by atoms with Gasteiger partial charge in [0.25, 0.3) is 0 Å². The van der Waals surface area contributed by atoms with Gasteiger partial charge < -0.3 is 0 Å². The molecular formula is C8H7NO2S2. The molecule has 0 saturated carbocycles. The third-order valence-corrected chi connectivity index (χ3v) is 3.14. The maximum absolute atomic E-state index is 11.0. The largest absolute Gasteiger partial charge is 0.224 e. The first-order chi connectivity index (χ1) is 6.04. The highest BCUT2D eigenvalue weighted by molar-refractivity contribution is 8.03. The third-order valence-electron chi connectivity index (χ3n) is 1.42. The molecule has 1 aromatic rings. The summed E-state index contributed by atoms with van der Waals surface area (Å²) >= 11 is 1.01. The lowest BCUT2D eigenvalue weighted by Gasteiger charge is -1.97. The number of thiocyanates is 1. The first kappa shape index (κ1) is 10.1. The van der Waals surface area contributed by atoms with Gasteiger partial charge in [0.2, 0.25) is 0 Å². The molecule has 0 aromatic heterocycles. The van der Waals surface area contributed by atoms with E-state index in [2.05, 4.69) is 0 Å². The lowest BCUT2D eigenvalue weighted by Crippen LogP contribution is -1.95. The highest BCUT2D eigenvalue weighted by Gasteiger charge is 2.05. The molecule has 0 aliphatic carbocycles. The van der Waals surface area contributed by atoms with Crippen LogP contribution in [0, 0.1) is 10.7 Å². The second-order valence-corrected chi connectivity index (χ2v) is 5.31. The summed E-state index contributed by atoms with van der Waals surface area (Å²) in [5.74, 6) is 0. The Morgan fingerprint density at radius 2 is 1.85 bits per heavy atom. The van der Waals surface area contributed by atoms with Crippen molar-refractivity contribution in [1.29, 1.82) is 5.26 Å². The molecule has 0 atom stereocenters. The van der Waals surface area contributed by atoms with Gasteiger partial charge in [0.15, 0.2) is 9.84 Å². The maximum Gasteiger partial charge on any atom is 0.175 e. The molecule has 0 aliphatic heterocycles. The number of rotatable bonds is 2. The number of hydrogen-bond acceptors (Lipinski definition) is 4. The van der Waals surface area contributed by atoms with Crippen LogP contribution in [0.1, 0.15) is 0 Å². The first-order valence-electron chi connectivity index (χ1n) is 3.40. The molecule has 0 fully saturated rings. The molecule has 13 heavy (non-hydrogen) atoms. The summed E-state index contributed by atoms with van der Waals surface area (Å²) in [5, 5.41) is 10.3. The number of sulfone groups is 1. The molecule has 0 bridgehead atoms. The van der Waals surface area contributed by atoms with Gasteiger partial charge in [-0.15, -0.1) is 0 Å². The number of benzene rings is 1. The van der Waals surface area contributed by atoms with Crippen molar-refractivity contribution < 1.29 is 8.42 Å². The Kier molecular flexibility index (Phi) is 2.96. The molecular weight excluding hydrogens is 206 g/mol. The van der Waals surface area contributed by atoms with Crippen molar-refractivity contribution in [2.24, 2.45) is 0 Å². The quantitative estimate of drug-likeness (QED) is 0.554. The van der Waals surface area contributed by atoms with Gasteiger partial charge in [-0.1, -0.05) is 0 Å². The van der Waals surface area contributed by atoms with Gasteiger partial charge in [-0.05, 0) is 36.0 Å². The number of thioether (sulfide) groups is 1. The van der Waals surface area contributed by atoms with E-state index in [1.807, 2.05) is 5.40 Å². The van der Waals surface area contributed by atoms with Crippen LogP contribution in [-0.4, -0.2) is 14.7 Å². The Balaban J connectivity index is 3.03. The lowest BCUT2D eigenvalue weighted by atomic mass is 10.4. The molecule has 68 valence electrons. The zero-order chi connectivity index (χ0) is 9.90. The lowest BCUT2D eigenvalue weighted by molar-refractivity contribution is 0.602. The zero-order valence-corrected chi connectivity index (χ0v) is 8.52. The van der Waals surface area contributed by atoms with Gasteiger partial charge in [0, 0.05) is 11.2 Å². The van der Waals surface area contributed by atoms with E-state index >= 15 is 0 Å².